The maximum Gasteiger partial charge on any atom is 0.348 e. The highest BCUT2D eigenvalue weighted by Gasteiger charge is 2.24. The van der Waals surface area contributed by atoms with Crippen LogP contribution in [0.4, 0.5) is 10.1 Å². The van der Waals surface area contributed by atoms with Gasteiger partial charge in [0.15, 0.2) is 0 Å². The summed E-state index contributed by atoms with van der Waals surface area (Å²) in [7, 11) is 1.52. The molecular formula is C20H16FNO3S. The van der Waals surface area contributed by atoms with Crippen LogP contribution in [0.3, 0.4) is 0 Å². The van der Waals surface area contributed by atoms with Crippen molar-refractivity contribution in [2.45, 2.75) is 6.92 Å². The molecule has 0 aliphatic carbocycles. The summed E-state index contributed by atoms with van der Waals surface area (Å²) < 4.78 is 14.1. The van der Waals surface area contributed by atoms with E-state index >= 15 is 0 Å². The summed E-state index contributed by atoms with van der Waals surface area (Å²) in [6.45, 7) is 1.92. The minimum absolute atomic E-state index is 0.00813. The van der Waals surface area contributed by atoms with Crippen LogP contribution in [-0.2, 0) is 0 Å². The maximum absolute atomic E-state index is 14.1. The Morgan fingerprint density at radius 2 is 1.73 bits per heavy atom. The quantitative estimate of drug-likeness (QED) is 0.716. The zero-order chi connectivity index (χ0) is 18.8. The molecule has 2 aromatic carbocycles. The first-order valence-electron chi connectivity index (χ1n) is 7.85. The van der Waals surface area contributed by atoms with E-state index in [4.69, 9.17) is 0 Å². The van der Waals surface area contributed by atoms with Gasteiger partial charge in [-0.05, 0) is 31.2 Å². The van der Waals surface area contributed by atoms with Gasteiger partial charge in [0.25, 0.3) is 5.91 Å². The van der Waals surface area contributed by atoms with E-state index in [2.05, 4.69) is 0 Å². The lowest BCUT2D eigenvalue weighted by molar-refractivity contribution is 0.0703. The van der Waals surface area contributed by atoms with Gasteiger partial charge in [0.1, 0.15) is 10.7 Å². The number of carboxylic acid groups (broad SMARTS) is 1. The lowest BCUT2D eigenvalue weighted by Crippen LogP contribution is -2.27. The number of carbonyl (C=O) groups is 2. The molecule has 0 fully saturated rings. The molecule has 1 amide bonds. The van der Waals surface area contributed by atoms with E-state index in [0.717, 1.165) is 16.9 Å². The van der Waals surface area contributed by atoms with Gasteiger partial charge in [0.2, 0.25) is 0 Å². The minimum atomic E-state index is -1.16. The number of carbonyl (C=O) groups excluding carboxylic acids is 1. The number of thiophene rings is 1. The van der Waals surface area contributed by atoms with Crippen LogP contribution in [0.2, 0.25) is 0 Å². The SMILES string of the molecule is Cc1ccc(C(=O)N(C)c2cc(-c3ccccc3F)sc2C(=O)O)cc1. The van der Waals surface area contributed by atoms with Crippen LogP contribution in [0.25, 0.3) is 10.4 Å². The summed E-state index contributed by atoms with van der Waals surface area (Å²) in [5.74, 6) is -1.92. The van der Waals surface area contributed by atoms with Crippen molar-refractivity contribution in [2.75, 3.05) is 11.9 Å². The van der Waals surface area contributed by atoms with Gasteiger partial charge in [0.05, 0.1) is 5.69 Å². The molecule has 1 heterocycles. The topological polar surface area (TPSA) is 57.6 Å². The molecule has 0 radical (unpaired) electrons. The molecule has 4 nitrogen and oxygen atoms in total. The second-order valence-electron chi connectivity index (χ2n) is 5.84. The molecule has 0 bridgehead atoms. The Kier molecular flexibility index (Phi) is 4.86. The van der Waals surface area contributed by atoms with Crippen molar-refractivity contribution in [1.82, 2.24) is 0 Å². The predicted octanol–water partition coefficient (Wildman–Crippen LogP) is 4.84. The Labute approximate surface area is 154 Å². The first-order chi connectivity index (χ1) is 12.4. The van der Waals surface area contributed by atoms with Gasteiger partial charge >= 0.3 is 5.97 Å². The second kappa shape index (κ2) is 7.09. The second-order valence-corrected chi connectivity index (χ2v) is 6.89. The minimum Gasteiger partial charge on any atom is -0.477 e. The molecule has 0 aliphatic rings. The van der Waals surface area contributed by atoms with Crippen LogP contribution in [0.5, 0.6) is 0 Å². The molecule has 0 saturated heterocycles. The number of aromatic carboxylic acids is 1. The van der Waals surface area contributed by atoms with E-state index in [0.29, 0.717) is 16.0 Å². The van der Waals surface area contributed by atoms with Crippen LogP contribution in [0, 0.1) is 12.7 Å². The average Bonchev–Trinajstić information content (AvgIpc) is 3.07. The molecule has 1 aromatic heterocycles. The predicted molar refractivity (Wildman–Crippen MR) is 101 cm³/mol. The fourth-order valence-electron chi connectivity index (χ4n) is 2.58. The highest BCUT2D eigenvalue weighted by atomic mass is 32.1. The molecular weight excluding hydrogens is 353 g/mol. The molecule has 0 saturated carbocycles. The smallest absolute Gasteiger partial charge is 0.348 e. The van der Waals surface area contributed by atoms with Gasteiger partial charge in [-0.15, -0.1) is 11.3 Å². The van der Waals surface area contributed by atoms with Crippen molar-refractivity contribution in [2.24, 2.45) is 0 Å². The number of aryl methyl sites for hydroxylation is 1. The number of amides is 1. The third kappa shape index (κ3) is 3.36. The number of anilines is 1. The molecule has 132 valence electrons. The summed E-state index contributed by atoms with van der Waals surface area (Å²) in [6.07, 6.45) is 0. The zero-order valence-corrected chi connectivity index (χ0v) is 15.0. The van der Waals surface area contributed by atoms with Crippen molar-refractivity contribution >= 4 is 28.9 Å². The highest BCUT2D eigenvalue weighted by molar-refractivity contribution is 7.18. The summed E-state index contributed by atoms with van der Waals surface area (Å²) >= 11 is 0.945. The van der Waals surface area contributed by atoms with Crippen molar-refractivity contribution in [3.8, 4) is 10.4 Å². The Hall–Kier alpha value is -2.99. The summed E-state index contributed by atoms with van der Waals surface area (Å²) in [6, 6.07) is 14.7. The van der Waals surface area contributed by atoms with E-state index in [1.807, 2.05) is 19.1 Å². The molecule has 26 heavy (non-hydrogen) atoms. The number of halogens is 1. The van der Waals surface area contributed by atoms with Crippen molar-refractivity contribution in [3.05, 3.63) is 76.4 Å². The fourth-order valence-corrected chi connectivity index (χ4v) is 3.63. The number of benzene rings is 2. The van der Waals surface area contributed by atoms with Crippen LogP contribution in [0.1, 0.15) is 25.6 Å². The third-order valence-corrected chi connectivity index (χ3v) is 5.16. The standard InChI is InChI=1S/C20H16FNO3S/c1-12-7-9-13(10-8-12)19(23)22(2)16-11-17(26-18(16)20(24)25)14-5-3-4-6-15(14)21/h3-11H,1-2H3,(H,24,25). The van der Waals surface area contributed by atoms with Crippen LogP contribution in [-0.4, -0.2) is 24.0 Å². The van der Waals surface area contributed by atoms with Crippen LogP contribution >= 0.6 is 11.3 Å². The van der Waals surface area contributed by atoms with Crippen LogP contribution < -0.4 is 4.90 Å². The Bertz CT molecular complexity index is 979. The largest absolute Gasteiger partial charge is 0.477 e. The van der Waals surface area contributed by atoms with Crippen molar-refractivity contribution in [3.63, 3.8) is 0 Å². The molecule has 6 heteroatoms. The van der Waals surface area contributed by atoms with E-state index < -0.39 is 11.8 Å². The summed E-state index contributed by atoms with van der Waals surface area (Å²) in [4.78, 5) is 26.1. The molecule has 3 aromatic rings. The molecule has 0 aliphatic heterocycles. The van der Waals surface area contributed by atoms with E-state index in [1.54, 1.807) is 36.4 Å². The number of hydrogen-bond acceptors (Lipinski definition) is 3. The monoisotopic (exact) mass is 369 g/mol. The van der Waals surface area contributed by atoms with Gasteiger partial charge in [-0.1, -0.05) is 35.9 Å². The van der Waals surface area contributed by atoms with Gasteiger partial charge in [-0.3, -0.25) is 4.79 Å². The molecule has 0 unspecified atom stereocenters. The van der Waals surface area contributed by atoms with E-state index in [9.17, 15) is 19.1 Å². The third-order valence-electron chi connectivity index (χ3n) is 4.01. The zero-order valence-electron chi connectivity index (χ0n) is 14.2. The molecule has 3 rings (SSSR count). The summed E-state index contributed by atoms with van der Waals surface area (Å²) in [5.41, 5.74) is 2.02. The first-order valence-corrected chi connectivity index (χ1v) is 8.67. The van der Waals surface area contributed by atoms with E-state index in [-0.39, 0.29) is 16.5 Å². The Balaban J connectivity index is 2.03. The lowest BCUT2D eigenvalue weighted by atomic mass is 10.1. The number of hydrogen-bond donors (Lipinski definition) is 1. The average molecular weight is 369 g/mol. The fraction of sp³-hybridized carbons (Fsp3) is 0.100. The van der Waals surface area contributed by atoms with Gasteiger partial charge < -0.3 is 10.0 Å². The summed E-state index contributed by atoms with van der Waals surface area (Å²) in [5, 5.41) is 9.51. The first kappa shape index (κ1) is 17.8. The Morgan fingerprint density at radius 3 is 2.35 bits per heavy atom. The molecule has 0 atom stereocenters. The normalized spacial score (nSPS) is 10.6. The van der Waals surface area contributed by atoms with Crippen molar-refractivity contribution in [1.29, 1.82) is 0 Å². The van der Waals surface area contributed by atoms with E-state index in [1.165, 1.54) is 18.0 Å². The molecule has 0 spiro atoms. The van der Waals surface area contributed by atoms with Gasteiger partial charge in [-0.25, -0.2) is 9.18 Å². The van der Waals surface area contributed by atoms with Crippen molar-refractivity contribution < 1.29 is 19.1 Å². The van der Waals surface area contributed by atoms with Gasteiger partial charge in [-0.2, -0.15) is 0 Å². The number of carboxylic acids is 1. The molecule has 1 N–H and O–H groups in total. The van der Waals surface area contributed by atoms with Gasteiger partial charge in [0, 0.05) is 23.1 Å². The number of nitrogens with zero attached hydrogens (tertiary/aromatic N) is 1. The highest BCUT2D eigenvalue weighted by Crippen LogP contribution is 2.38. The number of rotatable bonds is 4. The maximum atomic E-state index is 14.1. The lowest BCUT2D eigenvalue weighted by Gasteiger charge is -2.17. The Morgan fingerprint density at radius 1 is 1.08 bits per heavy atom. The van der Waals surface area contributed by atoms with Crippen LogP contribution in [0.15, 0.2) is 54.6 Å².